The van der Waals surface area contributed by atoms with Crippen molar-refractivity contribution >= 4 is 23.3 Å². The van der Waals surface area contributed by atoms with Gasteiger partial charge in [-0.1, -0.05) is 17.7 Å². The van der Waals surface area contributed by atoms with Gasteiger partial charge in [-0.3, -0.25) is 5.10 Å². The molecule has 1 aromatic carbocycles. The number of hydrogen-bond acceptors (Lipinski definition) is 2. The van der Waals surface area contributed by atoms with E-state index >= 15 is 0 Å². The molecule has 3 rings (SSSR count). The lowest BCUT2D eigenvalue weighted by Gasteiger charge is -2.26. The Balaban J connectivity index is 2.11. The van der Waals surface area contributed by atoms with Crippen LogP contribution in [0.1, 0.15) is 17.3 Å². The standard InChI is InChI=1S/C11H9ClN4O/c12-6-1-2-7-9(5-6)14-11(17)15-10(7)8-3-4-13-16-8/h1-5,10H,(H,13,16)(H2,14,15,17). The second-order valence-corrected chi connectivity index (χ2v) is 4.21. The summed E-state index contributed by atoms with van der Waals surface area (Å²) in [5.41, 5.74) is 2.52. The summed E-state index contributed by atoms with van der Waals surface area (Å²) in [5.74, 6) is 0. The van der Waals surface area contributed by atoms with E-state index in [1.165, 1.54) is 0 Å². The molecule has 0 saturated heterocycles. The van der Waals surface area contributed by atoms with E-state index in [-0.39, 0.29) is 12.1 Å². The molecule has 5 nitrogen and oxygen atoms in total. The molecule has 1 atom stereocenters. The van der Waals surface area contributed by atoms with Crippen LogP contribution in [0.3, 0.4) is 0 Å². The number of aromatic nitrogens is 2. The number of H-pyrrole nitrogens is 1. The highest BCUT2D eigenvalue weighted by Gasteiger charge is 2.26. The van der Waals surface area contributed by atoms with Crippen LogP contribution in [0.25, 0.3) is 0 Å². The number of amides is 2. The molecular formula is C11H9ClN4O. The first kappa shape index (κ1) is 10.2. The minimum atomic E-state index is -0.251. The van der Waals surface area contributed by atoms with Crippen molar-refractivity contribution in [1.29, 1.82) is 0 Å². The molecule has 1 aromatic heterocycles. The Morgan fingerprint density at radius 2 is 2.18 bits per heavy atom. The first-order chi connectivity index (χ1) is 8.24. The molecule has 2 aromatic rings. The van der Waals surface area contributed by atoms with E-state index < -0.39 is 0 Å². The van der Waals surface area contributed by atoms with Crippen molar-refractivity contribution in [3.8, 4) is 0 Å². The third-order valence-electron chi connectivity index (χ3n) is 2.68. The number of urea groups is 1. The number of fused-ring (bicyclic) bond motifs is 1. The van der Waals surface area contributed by atoms with Gasteiger partial charge in [-0.15, -0.1) is 0 Å². The Kier molecular flexibility index (Phi) is 2.26. The van der Waals surface area contributed by atoms with E-state index in [2.05, 4.69) is 20.8 Å². The minimum Gasteiger partial charge on any atom is -0.325 e. The van der Waals surface area contributed by atoms with Crippen LogP contribution >= 0.6 is 11.6 Å². The van der Waals surface area contributed by atoms with Crippen molar-refractivity contribution in [2.45, 2.75) is 6.04 Å². The molecule has 3 N–H and O–H groups in total. The van der Waals surface area contributed by atoms with E-state index in [1.807, 2.05) is 12.1 Å². The molecule has 1 aliphatic rings. The number of benzene rings is 1. The maximum Gasteiger partial charge on any atom is 0.320 e. The first-order valence-electron chi connectivity index (χ1n) is 5.10. The number of rotatable bonds is 1. The number of anilines is 1. The Labute approximate surface area is 102 Å². The summed E-state index contributed by atoms with van der Waals surface area (Å²) < 4.78 is 0. The number of nitrogens with zero attached hydrogens (tertiary/aromatic N) is 1. The van der Waals surface area contributed by atoms with Crippen LogP contribution in [0.5, 0.6) is 0 Å². The van der Waals surface area contributed by atoms with E-state index in [4.69, 9.17) is 11.6 Å². The topological polar surface area (TPSA) is 69.8 Å². The lowest BCUT2D eigenvalue weighted by molar-refractivity contribution is 0.248. The van der Waals surface area contributed by atoms with Gasteiger partial charge < -0.3 is 10.6 Å². The van der Waals surface area contributed by atoms with Gasteiger partial charge in [0.25, 0.3) is 0 Å². The van der Waals surface area contributed by atoms with Crippen molar-refractivity contribution in [2.24, 2.45) is 0 Å². The van der Waals surface area contributed by atoms with Crippen LogP contribution in [0.4, 0.5) is 10.5 Å². The monoisotopic (exact) mass is 248 g/mol. The predicted molar refractivity (Wildman–Crippen MR) is 64.0 cm³/mol. The number of carbonyl (C=O) groups excluding carboxylic acids is 1. The quantitative estimate of drug-likeness (QED) is 0.725. The van der Waals surface area contributed by atoms with E-state index in [1.54, 1.807) is 18.3 Å². The van der Waals surface area contributed by atoms with Gasteiger partial charge >= 0.3 is 6.03 Å². The Bertz CT molecular complexity index is 567. The maximum atomic E-state index is 11.5. The van der Waals surface area contributed by atoms with Crippen LogP contribution in [0.15, 0.2) is 30.5 Å². The van der Waals surface area contributed by atoms with Gasteiger partial charge in [0.2, 0.25) is 0 Å². The molecule has 17 heavy (non-hydrogen) atoms. The highest BCUT2D eigenvalue weighted by molar-refractivity contribution is 6.31. The lowest BCUT2D eigenvalue weighted by Crippen LogP contribution is -2.38. The average Bonchev–Trinajstić information content (AvgIpc) is 2.80. The van der Waals surface area contributed by atoms with Crippen molar-refractivity contribution in [2.75, 3.05) is 5.32 Å². The molecule has 1 aliphatic heterocycles. The maximum absolute atomic E-state index is 11.5. The van der Waals surface area contributed by atoms with Gasteiger partial charge in [0.15, 0.2) is 0 Å². The number of halogens is 1. The van der Waals surface area contributed by atoms with Gasteiger partial charge in [-0.2, -0.15) is 5.10 Å². The van der Waals surface area contributed by atoms with Crippen LogP contribution in [-0.2, 0) is 0 Å². The molecule has 2 heterocycles. The smallest absolute Gasteiger partial charge is 0.320 e. The number of carbonyl (C=O) groups is 1. The molecule has 6 heteroatoms. The summed E-state index contributed by atoms with van der Waals surface area (Å²) >= 11 is 5.91. The summed E-state index contributed by atoms with van der Waals surface area (Å²) in [4.78, 5) is 11.5. The Morgan fingerprint density at radius 3 is 2.94 bits per heavy atom. The summed E-state index contributed by atoms with van der Waals surface area (Å²) in [6.07, 6.45) is 1.65. The SMILES string of the molecule is O=C1Nc2cc(Cl)ccc2C(c2ccn[nH]2)N1. The van der Waals surface area contributed by atoms with Gasteiger partial charge in [-0.05, 0) is 18.2 Å². The van der Waals surface area contributed by atoms with Gasteiger partial charge in [-0.25, -0.2) is 4.79 Å². The molecule has 0 radical (unpaired) electrons. The third-order valence-corrected chi connectivity index (χ3v) is 2.92. The molecule has 0 saturated carbocycles. The van der Waals surface area contributed by atoms with Crippen molar-refractivity contribution in [3.05, 3.63) is 46.7 Å². The Morgan fingerprint density at radius 1 is 1.29 bits per heavy atom. The normalized spacial score (nSPS) is 18.2. The minimum absolute atomic E-state index is 0.224. The third kappa shape index (κ3) is 1.74. The molecule has 0 aliphatic carbocycles. The second kappa shape index (κ2) is 3.78. The highest BCUT2D eigenvalue weighted by Crippen LogP contribution is 2.32. The average molecular weight is 249 g/mol. The van der Waals surface area contributed by atoms with Crippen molar-refractivity contribution in [3.63, 3.8) is 0 Å². The summed E-state index contributed by atoms with van der Waals surface area (Å²) in [6.45, 7) is 0. The van der Waals surface area contributed by atoms with Crippen LogP contribution < -0.4 is 10.6 Å². The van der Waals surface area contributed by atoms with Crippen LogP contribution in [0.2, 0.25) is 5.02 Å². The zero-order chi connectivity index (χ0) is 11.8. The van der Waals surface area contributed by atoms with Gasteiger partial charge in [0.05, 0.1) is 11.7 Å². The summed E-state index contributed by atoms with van der Waals surface area (Å²) in [6, 6.07) is 6.77. The van der Waals surface area contributed by atoms with Crippen LogP contribution in [0, 0.1) is 0 Å². The van der Waals surface area contributed by atoms with E-state index in [0.717, 1.165) is 16.9 Å². The molecular weight excluding hydrogens is 240 g/mol. The summed E-state index contributed by atoms with van der Waals surface area (Å²) in [5, 5.41) is 12.9. The van der Waals surface area contributed by atoms with Gasteiger partial charge in [0, 0.05) is 22.5 Å². The van der Waals surface area contributed by atoms with Crippen molar-refractivity contribution in [1.82, 2.24) is 15.5 Å². The lowest BCUT2D eigenvalue weighted by atomic mass is 10.00. The molecule has 0 spiro atoms. The van der Waals surface area contributed by atoms with Gasteiger partial charge in [0.1, 0.15) is 0 Å². The molecule has 0 fully saturated rings. The highest BCUT2D eigenvalue weighted by atomic mass is 35.5. The zero-order valence-corrected chi connectivity index (χ0v) is 9.45. The molecule has 2 amide bonds. The number of hydrogen-bond donors (Lipinski definition) is 3. The van der Waals surface area contributed by atoms with E-state index in [0.29, 0.717) is 5.02 Å². The fourth-order valence-electron chi connectivity index (χ4n) is 1.93. The summed E-state index contributed by atoms with van der Waals surface area (Å²) in [7, 11) is 0. The largest absolute Gasteiger partial charge is 0.325 e. The predicted octanol–water partition coefficient (Wildman–Crippen LogP) is 2.29. The second-order valence-electron chi connectivity index (χ2n) is 3.78. The fourth-order valence-corrected chi connectivity index (χ4v) is 2.10. The van der Waals surface area contributed by atoms with Crippen LogP contribution in [-0.4, -0.2) is 16.2 Å². The van der Waals surface area contributed by atoms with Crippen molar-refractivity contribution < 1.29 is 4.79 Å². The Hall–Kier alpha value is -2.01. The number of aromatic amines is 1. The fraction of sp³-hybridized carbons (Fsp3) is 0.0909. The number of nitrogens with one attached hydrogen (secondary N) is 3. The zero-order valence-electron chi connectivity index (χ0n) is 8.70. The first-order valence-corrected chi connectivity index (χ1v) is 5.48. The molecule has 1 unspecified atom stereocenters. The molecule has 86 valence electrons. The van der Waals surface area contributed by atoms with E-state index in [9.17, 15) is 4.79 Å². The molecule has 0 bridgehead atoms.